The van der Waals surface area contributed by atoms with Crippen molar-refractivity contribution in [3.8, 4) is 5.88 Å². The van der Waals surface area contributed by atoms with E-state index in [4.69, 9.17) is 21.4 Å². The van der Waals surface area contributed by atoms with Crippen molar-refractivity contribution >= 4 is 11.6 Å². The van der Waals surface area contributed by atoms with Gasteiger partial charge in [0.1, 0.15) is 24.1 Å². The molecule has 1 aromatic carbocycles. The lowest BCUT2D eigenvalue weighted by Crippen LogP contribution is -2.28. The normalized spacial score (nSPS) is 11.2. The Balaban J connectivity index is 2.31. The molecule has 0 amide bonds. The first kappa shape index (κ1) is 20.3. The molecule has 2 aromatic rings. The third-order valence-corrected chi connectivity index (χ3v) is 4.13. The molecule has 0 aliphatic heterocycles. The first-order valence-corrected chi connectivity index (χ1v) is 8.71. The Hall–Kier alpha value is -1.99. The van der Waals surface area contributed by atoms with Crippen LogP contribution in [0, 0.1) is 11.6 Å². The molecule has 0 saturated carbocycles. The van der Waals surface area contributed by atoms with E-state index in [0.717, 1.165) is 12.1 Å². The fraction of sp³-hybridized carbons (Fsp3) is 0.444. The number of aliphatic hydroxyl groups excluding tert-OH is 1. The molecular weight excluding hydrogens is 366 g/mol. The van der Waals surface area contributed by atoms with E-state index < -0.39 is 17.2 Å². The number of unbranched alkanes of at least 4 members (excludes halogenated alkanes) is 1. The van der Waals surface area contributed by atoms with Gasteiger partial charge < -0.3 is 9.84 Å². The number of aromatic nitrogens is 2. The molecule has 0 saturated heterocycles. The molecule has 0 atom stereocenters. The van der Waals surface area contributed by atoms with Crippen LogP contribution >= 0.6 is 11.6 Å². The molecule has 8 heteroatoms. The zero-order valence-electron chi connectivity index (χ0n) is 14.6. The minimum Gasteiger partial charge on any atom is -0.471 e. The number of benzene rings is 1. The van der Waals surface area contributed by atoms with Gasteiger partial charge in [-0.25, -0.2) is 8.78 Å². The van der Waals surface area contributed by atoms with Crippen LogP contribution in [0.2, 0.25) is 5.02 Å². The van der Waals surface area contributed by atoms with Crippen LogP contribution in [0.1, 0.15) is 44.1 Å². The fourth-order valence-corrected chi connectivity index (χ4v) is 2.71. The largest absolute Gasteiger partial charge is 0.471 e. The van der Waals surface area contributed by atoms with Gasteiger partial charge in [-0.1, -0.05) is 11.6 Å². The number of hydrogen-bond donors (Lipinski definition) is 1. The molecule has 0 fully saturated rings. The summed E-state index contributed by atoms with van der Waals surface area (Å²) in [5, 5.41) is 8.75. The van der Waals surface area contributed by atoms with E-state index in [1.165, 1.54) is 10.6 Å². The van der Waals surface area contributed by atoms with Crippen molar-refractivity contribution in [3.05, 3.63) is 56.6 Å². The monoisotopic (exact) mass is 386 g/mol. The van der Waals surface area contributed by atoms with Gasteiger partial charge in [0.25, 0.3) is 5.56 Å². The van der Waals surface area contributed by atoms with Gasteiger partial charge in [-0.3, -0.25) is 9.36 Å². The van der Waals surface area contributed by atoms with E-state index in [-0.39, 0.29) is 35.7 Å². The maximum atomic E-state index is 13.7. The van der Waals surface area contributed by atoms with Gasteiger partial charge in [-0.2, -0.15) is 4.98 Å². The molecule has 5 nitrogen and oxygen atoms in total. The lowest BCUT2D eigenvalue weighted by molar-refractivity contribution is 0.279. The van der Waals surface area contributed by atoms with Crippen LogP contribution in [0.4, 0.5) is 8.78 Å². The molecule has 0 spiro atoms. The standard InChI is InChI=1S/C18H21ClF2N2O3/c1-11(2)23-15(5-3-4-8-24)22-17(16(19)18(23)25)26-10-12-6-7-13(20)9-14(12)21/h6-7,9,11,24H,3-5,8,10H2,1-2H3. The number of nitrogens with zero attached hydrogens (tertiary/aromatic N) is 2. The molecule has 2 rings (SSSR count). The summed E-state index contributed by atoms with van der Waals surface area (Å²) in [5.41, 5.74) is -0.315. The van der Waals surface area contributed by atoms with Crippen LogP contribution in [0.25, 0.3) is 0 Å². The summed E-state index contributed by atoms with van der Waals surface area (Å²) >= 11 is 6.09. The van der Waals surface area contributed by atoms with Crippen LogP contribution in [0.15, 0.2) is 23.0 Å². The van der Waals surface area contributed by atoms with Crippen LogP contribution in [-0.4, -0.2) is 21.3 Å². The number of ether oxygens (including phenoxy) is 1. The quantitative estimate of drug-likeness (QED) is 0.703. The second-order valence-electron chi connectivity index (χ2n) is 6.12. The van der Waals surface area contributed by atoms with E-state index in [1.807, 2.05) is 13.8 Å². The maximum absolute atomic E-state index is 13.7. The van der Waals surface area contributed by atoms with Crippen molar-refractivity contribution in [2.75, 3.05) is 6.61 Å². The van der Waals surface area contributed by atoms with Gasteiger partial charge in [0.15, 0.2) is 5.02 Å². The van der Waals surface area contributed by atoms with Crippen LogP contribution in [0.5, 0.6) is 5.88 Å². The molecule has 1 heterocycles. The fourth-order valence-electron chi connectivity index (χ4n) is 2.52. The highest BCUT2D eigenvalue weighted by Gasteiger charge is 2.18. The summed E-state index contributed by atoms with van der Waals surface area (Å²) in [6.07, 6.45) is 1.68. The Bertz CT molecular complexity index is 825. The summed E-state index contributed by atoms with van der Waals surface area (Å²) in [5.74, 6) is -1.04. The molecule has 0 aliphatic carbocycles. The van der Waals surface area contributed by atoms with E-state index in [1.54, 1.807) is 0 Å². The Labute approximate surface area is 155 Å². The number of aryl methyl sites for hydroxylation is 1. The Morgan fingerprint density at radius 1 is 1.31 bits per heavy atom. The second kappa shape index (κ2) is 9.09. The molecule has 1 N–H and O–H groups in total. The molecule has 0 unspecified atom stereocenters. The summed E-state index contributed by atoms with van der Waals surface area (Å²) in [6.45, 7) is 3.49. The van der Waals surface area contributed by atoms with Gasteiger partial charge in [-0.05, 0) is 38.8 Å². The van der Waals surface area contributed by atoms with Gasteiger partial charge in [0, 0.05) is 30.7 Å². The van der Waals surface area contributed by atoms with E-state index >= 15 is 0 Å². The van der Waals surface area contributed by atoms with Crippen molar-refractivity contribution in [2.24, 2.45) is 0 Å². The molecule has 0 radical (unpaired) electrons. The third-order valence-electron chi connectivity index (χ3n) is 3.81. The highest BCUT2D eigenvalue weighted by molar-refractivity contribution is 6.31. The number of aliphatic hydroxyl groups is 1. The van der Waals surface area contributed by atoms with Crippen molar-refractivity contribution in [1.82, 2.24) is 9.55 Å². The second-order valence-corrected chi connectivity index (χ2v) is 6.50. The predicted molar refractivity (Wildman–Crippen MR) is 94.6 cm³/mol. The molecule has 1 aromatic heterocycles. The molecular formula is C18H21ClF2N2O3. The lowest BCUT2D eigenvalue weighted by atomic mass is 10.2. The third kappa shape index (κ3) is 4.80. The topological polar surface area (TPSA) is 64.3 Å². The first-order valence-electron chi connectivity index (χ1n) is 8.33. The van der Waals surface area contributed by atoms with Crippen molar-refractivity contribution in [1.29, 1.82) is 0 Å². The van der Waals surface area contributed by atoms with Crippen LogP contribution < -0.4 is 10.3 Å². The van der Waals surface area contributed by atoms with Crippen molar-refractivity contribution in [2.45, 2.75) is 45.8 Å². The van der Waals surface area contributed by atoms with Gasteiger partial charge in [0.05, 0.1) is 0 Å². The van der Waals surface area contributed by atoms with E-state index in [0.29, 0.717) is 25.1 Å². The summed E-state index contributed by atoms with van der Waals surface area (Å²) in [6, 6.07) is 2.98. The summed E-state index contributed by atoms with van der Waals surface area (Å²) in [4.78, 5) is 16.9. The number of rotatable bonds is 8. The van der Waals surface area contributed by atoms with Gasteiger partial charge in [-0.15, -0.1) is 0 Å². The van der Waals surface area contributed by atoms with Crippen LogP contribution in [-0.2, 0) is 13.0 Å². The average molecular weight is 387 g/mol. The van der Waals surface area contributed by atoms with E-state index in [2.05, 4.69) is 4.98 Å². The maximum Gasteiger partial charge on any atom is 0.276 e. The van der Waals surface area contributed by atoms with Crippen molar-refractivity contribution < 1.29 is 18.6 Å². The van der Waals surface area contributed by atoms with Gasteiger partial charge >= 0.3 is 0 Å². The SMILES string of the molecule is CC(C)n1c(CCCCO)nc(OCc2ccc(F)cc2F)c(Cl)c1=O. The zero-order chi connectivity index (χ0) is 19.3. The van der Waals surface area contributed by atoms with Crippen LogP contribution in [0.3, 0.4) is 0 Å². The molecule has 26 heavy (non-hydrogen) atoms. The van der Waals surface area contributed by atoms with Crippen molar-refractivity contribution in [3.63, 3.8) is 0 Å². The van der Waals surface area contributed by atoms with E-state index in [9.17, 15) is 13.6 Å². The first-order chi connectivity index (χ1) is 12.3. The highest BCUT2D eigenvalue weighted by atomic mass is 35.5. The lowest BCUT2D eigenvalue weighted by Gasteiger charge is -2.18. The Kier molecular flexibility index (Phi) is 7.11. The molecule has 142 valence electrons. The zero-order valence-corrected chi connectivity index (χ0v) is 15.4. The molecule has 0 aliphatic rings. The number of hydrogen-bond acceptors (Lipinski definition) is 4. The minimum absolute atomic E-state index is 0.0483. The summed E-state index contributed by atoms with van der Waals surface area (Å²) in [7, 11) is 0. The Morgan fingerprint density at radius 3 is 2.65 bits per heavy atom. The minimum atomic E-state index is -0.750. The Morgan fingerprint density at radius 2 is 2.04 bits per heavy atom. The number of halogens is 3. The molecule has 0 bridgehead atoms. The van der Waals surface area contributed by atoms with Gasteiger partial charge in [0.2, 0.25) is 5.88 Å². The highest BCUT2D eigenvalue weighted by Crippen LogP contribution is 2.22. The predicted octanol–water partition coefficient (Wildman–Crippen LogP) is 3.65. The average Bonchev–Trinajstić information content (AvgIpc) is 2.57. The summed E-state index contributed by atoms with van der Waals surface area (Å²) < 4.78 is 33.6. The smallest absolute Gasteiger partial charge is 0.276 e.